The van der Waals surface area contributed by atoms with Gasteiger partial charge in [0.2, 0.25) is 5.91 Å². The van der Waals surface area contributed by atoms with Gasteiger partial charge < -0.3 is 4.90 Å². The zero-order valence-electron chi connectivity index (χ0n) is 19.5. The number of carbonyl (C=O) groups excluding carboxylic acids is 1. The summed E-state index contributed by atoms with van der Waals surface area (Å²) in [6.45, 7) is 6.59. The molecule has 2 nitrogen and oxygen atoms in total. The molecule has 0 bridgehead atoms. The van der Waals surface area contributed by atoms with Crippen LogP contribution in [0.2, 0.25) is 0 Å². The summed E-state index contributed by atoms with van der Waals surface area (Å²) in [6.07, 6.45) is 26.4. The number of unbranched alkanes of at least 4 members (excludes halogenated alkanes) is 14. The van der Waals surface area contributed by atoms with Crippen LogP contribution in [-0.2, 0) is 4.79 Å². The van der Waals surface area contributed by atoms with E-state index in [1.165, 1.54) is 116 Å². The molecule has 0 aliphatic heterocycles. The fourth-order valence-corrected chi connectivity index (χ4v) is 4.64. The second-order valence-electron chi connectivity index (χ2n) is 9.26. The van der Waals surface area contributed by atoms with Crippen molar-refractivity contribution in [2.24, 2.45) is 5.92 Å². The second kappa shape index (κ2) is 18.5. The van der Waals surface area contributed by atoms with Crippen molar-refractivity contribution in [2.75, 3.05) is 13.1 Å². The molecule has 0 N–H and O–H groups in total. The summed E-state index contributed by atoms with van der Waals surface area (Å²) in [7, 11) is 0. The average molecular weight is 394 g/mol. The molecular formula is C26H51NO. The van der Waals surface area contributed by atoms with Gasteiger partial charge in [0.05, 0.1) is 0 Å². The minimum atomic E-state index is 0.350. The third-order valence-electron chi connectivity index (χ3n) is 6.58. The smallest absolute Gasteiger partial charge is 0.225 e. The maximum absolute atomic E-state index is 12.9. The van der Waals surface area contributed by atoms with Crippen molar-refractivity contribution < 1.29 is 4.79 Å². The van der Waals surface area contributed by atoms with E-state index in [9.17, 15) is 4.79 Å². The lowest BCUT2D eigenvalue weighted by Crippen LogP contribution is -2.36. The summed E-state index contributed by atoms with van der Waals surface area (Å²) in [5.41, 5.74) is 0. The van der Waals surface area contributed by atoms with Gasteiger partial charge in [0.25, 0.3) is 0 Å². The highest BCUT2D eigenvalue weighted by molar-refractivity contribution is 5.79. The van der Waals surface area contributed by atoms with Gasteiger partial charge in [-0.2, -0.15) is 0 Å². The monoisotopic (exact) mass is 393 g/mol. The van der Waals surface area contributed by atoms with Crippen LogP contribution in [0.25, 0.3) is 0 Å². The highest BCUT2D eigenvalue weighted by Gasteiger charge is 2.26. The minimum absolute atomic E-state index is 0.350. The minimum Gasteiger partial charge on any atom is -0.342 e. The summed E-state index contributed by atoms with van der Waals surface area (Å²) in [5.74, 6) is 0.839. The molecule has 1 saturated carbocycles. The van der Waals surface area contributed by atoms with E-state index in [2.05, 4.69) is 18.7 Å². The first-order chi connectivity index (χ1) is 13.8. The molecule has 0 aromatic rings. The standard InChI is InChI=1S/C26H51NO/c1-3-5-7-9-11-13-15-19-23-27(26(28)25-21-17-18-22-25)24-20-16-14-12-10-8-6-4-2/h25H,3-24H2,1-2H3. The van der Waals surface area contributed by atoms with Gasteiger partial charge in [0.15, 0.2) is 0 Å². The molecule has 0 aromatic carbocycles. The predicted molar refractivity (Wildman–Crippen MR) is 124 cm³/mol. The van der Waals surface area contributed by atoms with Crippen LogP contribution in [0, 0.1) is 5.92 Å². The fourth-order valence-electron chi connectivity index (χ4n) is 4.64. The van der Waals surface area contributed by atoms with Gasteiger partial charge in [-0.05, 0) is 25.7 Å². The molecule has 0 saturated heterocycles. The van der Waals surface area contributed by atoms with Crippen LogP contribution in [0.3, 0.4) is 0 Å². The summed E-state index contributed by atoms with van der Waals surface area (Å²) in [5, 5.41) is 0. The average Bonchev–Trinajstić information content (AvgIpc) is 3.24. The van der Waals surface area contributed by atoms with E-state index in [4.69, 9.17) is 0 Å². The van der Waals surface area contributed by atoms with Crippen molar-refractivity contribution in [3.63, 3.8) is 0 Å². The number of hydrogen-bond acceptors (Lipinski definition) is 1. The van der Waals surface area contributed by atoms with Gasteiger partial charge in [-0.1, -0.05) is 117 Å². The lowest BCUT2D eigenvalue weighted by atomic mass is 10.0. The molecule has 0 heterocycles. The molecule has 0 unspecified atom stereocenters. The highest BCUT2D eigenvalue weighted by Crippen LogP contribution is 2.27. The summed E-state index contributed by atoms with van der Waals surface area (Å²) >= 11 is 0. The molecule has 0 radical (unpaired) electrons. The van der Waals surface area contributed by atoms with Crippen molar-refractivity contribution in [3.05, 3.63) is 0 Å². The third-order valence-corrected chi connectivity index (χ3v) is 6.58. The molecule has 2 heteroatoms. The first-order valence-electron chi connectivity index (χ1n) is 13.1. The fraction of sp³-hybridized carbons (Fsp3) is 0.962. The number of nitrogens with zero attached hydrogens (tertiary/aromatic N) is 1. The Labute approximate surface area is 177 Å². The lowest BCUT2D eigenvalue weighted by Gasteiger charge is -2.26. The van der Waals surface area contributed by atoms with Gasteiger partial charge in [-0.3, -0.25) is 4.79 Å². The summed E-state index contributed by atoms with van der Waals surface area (Å²) in [4.78, 5) is 15.2. The van der Waals surface area contributed by atoms with Crippen molar-refractivity contribution >= 4 is 5.91 Å². The number of hydrogen-bond donors (Lipinski definition) is 0. The van der Waals surface area contributed by atoms with Crippen molar-refractivity contribution in [1.82, 2.24) is 4.90 Å². The molecule has 0 atom stereocenters. The second-order valence-corrected chi connectivity index (χ2v) is 9.26. The zero-order chi connectivity index (χ0) is 20.3. The molecule has 1 aliphatic carbocycles. The Morgan fingerprint density at radius 2 is 0.964 bits per heavy atom. The van der Waals surface area contributed by atoms with E-state index in [1.54, 1.807) is 0 Å². The summed E-state index contributed by atoms with van der Waals surface area (Å²) in [6, 6.07) is 0. The Balaban J connectivity index is 2.18. The Morgan fingerprint density at radius 3 is 1.36 bits per heavy atom. The van der Waals surface area contributed by atoms with E-state index < -0.39 is 0 Å². The van der Waals surface area contributed by atoms with E-state index >= 15 is 0 Å². The van der Waals surface area contributed by atoms with Crippen LogP contribution in [0.4, 0.5) is 0 Å². The molecule has 1 aliphatic rings. The van der Waals surface area contributed by atoms with Crippen LogP contribution < -0.4 is 0 Å². The Bertz CT molecular complexity index is 328. The maximum atomic E-state index is 12.9. The van der Waals surface area contributed by atoms with Crippen molar-refractivity contribution in [3.8, 4) is 0 Å². The lowest BCUT2D eigenvalue weighted by molar-refractivity contribution is -0.135. The van der Waals surface area contributed by atoms with Crippen LogP contribution in [0.5, 0.6) is 0 Å². The van der Waals surface area contributed by atoms with Crippen molar-refractivity contribution in [2.45, 2.75) is 142 Å². The normalized spacial score (nSPS) is 14.6. The molecule has 1 amide bonds. The van der Waals surface area contributed by atoms with Gasteiger partial charge in [0, 0.05) is 19.0 Å². The molecule has 0 spiro atoms. The Kier molecular flexibility index (Phi) is 16.8. The molecule has 0 aromatic heterocycles. The number of carbonyl (C=O) groups is 1. The topological polar surface area (TPSA) is 20.3 Å². The number of rotatable bonds is 19. The first-order valence-corrected chi connectivity index (χ1v) is 13.1. The maximum Gasteiger partial charge on any atom is 0.225 e. The SMILES string of the molecule is CCCCCCCCCCN(CCCCCCCCCC)C(=O)C1CCCC1. The summed E-state index contributed by atoms with van der Waals surface area (Å²) < 4.78 is 0. The molecule has 1 fully saturated rings. The highest BCUT2D eigenvalue weighted by atomic mass is 16.2. The van der Waals surface area contributed by atoms with Gasteiger partial charge in [0.1, 0.15) is 0 Å². The predicted octanol–water partition coefficient (Wildman–Crippen LogP) is 8.29. The van der Waals surface area contributed by atoms with Crippen LogP contribution in [-0.4, -0.2) is 23.9 Å². The first kappa shape index (κ1) is 25.5. The number of amides is 1. The molecule has 1 rings (SSSR count). The van der Waals surface area contributed by atoms with Crippen LogP contribution in [0.15, 0.2) is 0 Å². The van der Waals surface area contributed by atoms with Gasteiger partial charge in [-0.25, -0.2) is 0 Å². The third kappa shape index (κ3) is 12.8. The van der Waals surface area contributed by atoms with E-state index in [0.717, 1.165) is 25.9 Å². The quantitative estimate of drug-likeness (QED) is 0.202. The van der Waals surface area contributed by atoms with E-state index in [-0.39, 0.29) is 0 Å². The van der Waals surface area contributed by atoms with Crippen LogP contribution in [0.1, 0.15) is 142 Å². The largest absolute Gasteiger partial charge is 0.342 e. The zero-order valence-corrected chi connectivity index (χ0v) is 19.5. The Morgan fingerprint density at radius 1 is 0.607 bits per heavy atom. The van der Waals surface area contributed by atoms with E-state index in [1.807, 2.05) is 0 Å². The van der Waals surface area contributed by atoms with Gasteiger partial charge in [-0.15, -0.1) is 0 Å². The van der Waals surface area contributed by atoms with Crippen LogP contribution >= 0.6 is 0 Å². The molecule has 28 heavy (non-hydrogen) atoms. The van der Waals surface area contributed by atoms with Crippen molar-refractivity contribution in [1.29, 1.82) is 0 Å². The molecular weight excluding hydrogens is 342 g/mol. The van der Waals surface area contributed by atoms with Gasteiger partial charge >= 0.3 is 0 Å². The Hall–Kier alpha value is -0.530. The molecule has 166 valence electrons. The van der Waals surface area contributed by atoms with E-state index in [0.29, 0.717) is 11.8 Å².